The quantitative estimate of drug-likeness (QED) is 0.776. The van der Waals surface area contributed by atoms with Crippen molar-refractivity contribution in [2.24, 2.45) is 5.92 Å². The van der Waals surface area contributed by atoms with Gasteiger partial charge < -0.3 is 10.1 Å². The third-order valence-corrected chi connectivity index (χ3v) is 2.64. The van der Waals surface area contributed by atoms with Crippen LogP contribution in [0.4, 0.5) is 0 Å². The molecule has 0 fully saturated rings. The molecule has 1 atom stereocenters. The SMILES string of the molecule is CCCN[C@@H](C)c1cccc(OCC(C)C)c1. The molecular formula is C15H25NO. The highest BCUT2D eigenvalue weighted by Gasteiger charge is 2.05. The van der Waals surface area contributed by atoms with Gasteiger partial charge in [-0.3, -0.25) is 0 Å². The fraction of sp³-hybridized carbons (Fsp3) is 0.600. The van der Waals surface area contributed by atoms with Gasteiger partial charge in [-0.1, -0.05) is 32.9 Å². The zero-order valence-corrected chi connectivity index (χ0v) is 11.5. The summed E-state index contributed by atoms with van der Waals surface area (Å²) in [5.41, 5.74) is 1.29. The molecule has 2 heteroatoms. The maximum atomic E-state index is 5.73. The first kappa shape index (κ1) is 14.0. The molecule has 0 aliphatic heterocycles. The fourth-order valence-corrected chi connectivity index (χ4v) is 1.62. The van der Waals surface area contributed by atoms with E-state index in [0.717, 1.165) is 25.3 Å². The average molecular weight is 235 g/mol. The highest BCUT2D eigenvalue weighted by Crippen LogP contribution is 2.19. The van der Waals surface area contributed by atoms with Gasteiger partial charge in [-0.25, -0.2) is 0 Å². The van der Waals surface area contributed by atoms with Gasteiger partial charge in [0, 0.05) is 6.04 Å². The van der Waals surface area contributed by atoms with E-state index in [-0.39, 0.29) is 0 Å². The molecule has 2 nitrogen and oxygen atoms in total. The summed E-state index contributed by atoms with van der Waals surface area (Å²) in [6.07, 6.45) is 1.16. The Kier molecular flexibility index (Phi) is 6.06. The number of benzene rings is 1. The largest absolute Gasteiger partial charge is 0.493 e. The number of ether oxygens (including phenoxy) is 1. The minimum absolute atomic E-state index is 0.387. The number of hydrogen-bond donors (Lipinski definition) is 1. The average Bonchev–Trinajstić information content (AvgIpc) is 2.33. The summed E-state index contributed by atoms with van der Waals surface area (Å²) in [6, 6.07) is 8.76. The van der Waals surface area contributed by atoms with Crippen LogP contribution in [0, 0.1) is 5.92 Å². The molecule has 0 aliphatic carbocycles. The lowest BCUT2D eigenvalue weighted by molar-refractivity contribution is 0.270. The van der Waals surface area contributed by atoms with Crippen LogP contribution in [0.5, 0.6) is 5.75 Å². The first-order valence-electron chi connectivity index (χ1n) is 6.59. The van der Waals surface area contributed by atoms with Crippen LogP contribution in [0.1, 0.15) is 45.7 Å². The molecule has 1 aromatic carbocycles. The lowest BCUT2D eigenvalue weighted by Crippen LogP contribution is -2.19. The number of nitrogens with one attached hydrogen (secondary N) is 1. The van der Waals surface area contributed by atoms with Gasteiger partial charge in [0.2, 0.25) is 0 Å². The van der Waals surface area contributed by atoms with Gasteiger partial charge in [0.05, 0.1) is 6.61 Å². The van der Waals surface area contributed by atoms with E-state index in [9.17, 15) is 0 Å². The molecule has 1 N–H and O–H groups in total. The number of hydrogen-bond acceptors (Lipinski definition) is 2. The molecule has 0 spiro atoms. The standard InChI is InChI=1S/C15H25NO/c1-5-9-16-13(4)14-7-6-8-15(10-14)17-11-12(2)3/h6-8,10,12-13,16H,5,9,11H2,1-4H3/t13-/m0/s1. The molecule has 1 rings (SSSR count). The van der Waals surface area contributed by atoms with Crippen molar-refractivity contribution in [3.8, 4) is 5.75 Å². The van der Waals surface area contributed by atoms with Gasteiger partial charge in [0.25, 0.3) is 0 Å². The predicted molar refractivity (Wildman–Crippen MR) is 73.5 cm³/mol. The van der Waals surface area contributed by atoms with Crippen LogP contribution >= 0.6 is 0 Å². The molecule has 0 amide bonds. The third kappa shape index (κ3) is 5.22. The third-order valence-electron chi connectivity index (χ3n) is 2.64. The van der Waals surface area contributed by atoms with E-state index in [2.05, 4.69) is 51.2 Å². The zero-order valence-electron chi connectivity index (χ0n) is 11.5. The molecule has 17 heavy (non-hydrogen) atoms. The van der Waals surface area contributed by atoms with Crippen LogP contribution in [0.25, 0.3) is 0 Å². The molecule has 0 heterocycles. The summed E-state index contributed by atoms with van der Waals surface area (Å²) in [4.78, 5) is 0. The van der Waals surface area contributed by atoms with Crippen molar-refractivity contribution in [2.45, 2.75) is 40.2 Å². The van der Waals surface area contributed by atoms with Gasteiger partial charge in [-0.15, -0.1) is 0 Å². The summed E-state index contributed by atoms with van der Waals surface area (Å²) >= 11 is 0. The Balaban J connectivity index is 2.58. The Labute approximate surface area is 105 Å². The first-order chi connectivity index (χ1) is 8.13. The van der Waals surface area contributed by atoms with Crippen molar-refractivity contribution < 1.29 is 4.74 Å². The molecule has 0 aromatic heterocycles. The summed E-state index contributed by atoms with van der Waals surface area (Å²) in [5, 5.41) is 3.49. The maximum absolute atomic E-state index is 5.73. The molecule has 0 aliphatic rings. The van der Waals surface area contributed by atoms with Crippen LogP contribution in [0.15, 0.2) is 24.3 Å². The zero-order chi connectivity index (χ0) is 12.7. The van der Waals surface area contributed by atoms with Crippen molar-refractivity contribution in [1.29, 1.82) is 0 Å². The van der Waals surface area contributed by atoms with Gasteiger partial charge >= 0.3 is 0 Å². The Morgan fingerprint density at radius 1 is 1.24 bits per heavy atom. The van der Waals surface area contributed by atoms with Crippen LogP contribution in [-0.4, -0.2) is 13.2 Å². The van der Waals surface area contributed by atoms with E-state index in [0.29, 0.717) is 12.0 Å². The van der Waals surface area contributed by atoms with E-state index >= 15 is 0 Å². The van der Waals surface area contributed by atoms with Gasteiger partial charge in [0.1, 0.15) is 5.75 Å². The van der Waals surface area contributed by atoms with E-state index in [1.54, 1.807) is 0 Å². The number of rotatable bonds is 7. The highest BCUT2D eigenvalue weighted by molar-refractivity contribution is 5.30. The van der Waals surface area contributed by atoms with Crippen LogP contribution in [-0.2, 0) is 0 Å². The Bertz CT molecular complexity index is 322. The second-order valence-corrected chi connectivity index (χ2v) is 4.95. The second-order valence-electron chi connectivity index (χ2n) is 4.95. The Hall–Kier alpha value is -1.02. The van der Waals surface area contributed by atoms with Crippen molar-refractivity contribution in [3.05, 3.63) is 29.8 Å². The van der Waals surface area contributed by atoms with E-state index in [1.807, 2.05) is 6.07 Å². The van der Waals surface area contributed by atoms with E-state index in [4.69, 9.17) is 4.74 Å². The van der Waals surface area contributed by atoms with Crippen LogP contribution in [0.3, 0.4) is 0 Å². The molecule has 1 aromatic rings. The minimum Gasteiger partial charge on any atom is -0.493 e. The molecule has 0 bridgehead atoms. The molecule has 0 radical (unpaired) electrons. The lowest BCUT2D eigenvalue weighted by Gasteiger charge is -2.15. The van der Waals surface area contributed by atoms with Crippen LogP contribution < -0.4 is 10.1 Å². The van der Waals surface area contributed by atoms with Crippen molar-refractivity contribution in [3.63, 3.8) is 0 Å². The lowest BCUT2D eigenvalue weighted by atomic mass is 10.1. The fourth-order valence-electron chi connectivity index (χ4n) is 1.62. The molecule has 0 saturated carbocycles. The normalized spacial score (nSPS) is 12.8. The smallest absolute Gasteiger partial charge is 0.119 e. The van der Waals surface area contributed by atoms with Crippen molar-refractivity contribution >= 4 is 0 Å². The van der Waals surface area contributed by atoms with Crippen molar-refractivity contribution in [1.82, 2.24) is 5.32 Å². The molecule has 0 unspecified atom stereocenters. The predicted octanol–water partition coefficient (Wildman–Crippen LogP) is 3.78. The molecule has 0 saturated heterocycles. The Morgan fingerprint density at radius 2 is 2.00 bits per heavy atom. The summed E-state index contributed by atoms with van der Waals surface area (Å²) in [7, 11) is 0. The Morgan fingerprint density at radius 3 is 2.65 bits per heavy atom. The summed E-state index contributed by atoms with van der Waals surface area (Å²) in [6.45, 7) is 10.5. The maximum Gasteiger partial charge on any atom is 0.119 e. The topological polar surface area (TPSA) is 21.3 Å². The van der Waals surface area contributed by atoms with E-state index < -0.39 is 0 Å². The highest BCUT2D eigenvalue weighted by atomic mass is 16.5. The minimum atomic E-state index is 0.387. The van der Waals surface area contributed by atoms with Gasteiger partial charge in [0.15, 0.2) is 0 Å². The molecule has 96 valence electrons. The first-order valence-corrected chi connectivity index (χ1v) is 6.59. The van der Waals surface area contributed by atoms with Gasteiger partial charge in [-0.2, -0.15) is 0 Å². The second kappa shape index (κ2) is 7.33. The summed E-state index contributed by atoms with van der Waals surface area (Å²) in [5.74, 6) is 1.54. The van der Waals surface area contributed by atoms with Gasteiger partial charge in [-0.05, 0) is 43.5 Å². The molecular weight excluding hydrogens is 210 g/mol. The summed E-state index contributed by atoms with van der Waals surface area (Å²) < 4.78 is 5.73. The van der Waals surface area contributed by atoms with E-state index in [1.165, 1.54) is 5.56 Å². The monoisotopic (exact) mass is 235 g/mol. The van der Waals surface area contributed by atoms with Crippen LogP contribution in [0.2, 0.25) is 0 Å². The van der Waals surface area contributed by atoms with Crippen molar-refractivity contribution in [2.75, 3.05) is 13.2 Å².